The molecule has 0 aliphatic heterocycles. The molecule has 0 spiro atoms. The summed E-state index contributed by atoms with van der Waals surface area (Å²) in [4.78, 5) is 12.6. The highest BCUT2D eigenvalue weighted by molar-refractivity contribution is 7.13. The Bertz CT molecular complexity index is 457. The topological polar surface area (TPSA) is 26.3 Å². The fourth-order valence-electron chi connectivity index (χ4n) is 1.43. The van der Waals surface area contributed by atoms with Crippen LogP contribution in [0.1, 0.15) is 17.3 Å². The Balaban J connectivity index is 2.20. The van der Waals surface area contributed by atoms with E-state index in [0.29, 0.717) is 12.2 Å². The van der Waals surface area contributed by atoms with Gasteiger partial charge in [0.15, 0.2) is 0 Å². The van der Waals surface area contributed by atoms with Crippen molar-refractivity contribution in [2.45, 2.75) is 6.92 Å². The summed E-state index contributed by atoms with van der Waals surface area (Å²) in [7, 11) is 0. The number of carbonyl (C=O) groups is 1. The molecular formula is C13H12O2S. The first kappa shape index (κ1) is 10.9. The maximum atomic E-state index is 11.4. The number of esters is 1. The largest absolute Gasteiger partial charge is 0.462 e. The molecule has 0 aliphatic rings. The average molecular weight is 232 g/mol. The lowest BCUT2D eigenvalue weighted by atomic mass is 10.1. The molecule has 1 heterocycles. The van der Waals surface area contributed by atoms with Crippen LogP contribution in [0.3, 0.4) is 0 Å². The first-order chi connectivity index (χ1) is 7.81. The maximum Gasteiger partial charge on any atom is 0.338 e. The zero-order chi connectivity index (χ0) is 11.4. The molecule has 82 valence electrons. The fraction of sp³-hybridized carbons (Fsp3) is 0.154. The third-order valence-electron chi connectivity index (χ3n) is 2.20. The highest BCUT2D eigenvalue weighted by Crippen LogP contribution is 2.24. The molecule has 16 heavy (non-hydrogen) atoms. The van der Waals surface area contributed by atoms with Gasteiger partial charge in [0.05, 0.1) is 12.2 Å². The van der Waals surface area contributed by atoms with E-state index in [0.717, 1.165) is 5.56 Å². The summed E-state index contributed by atoms with van der Waals surface area (Å²) in [6.45, 7) is 2.21. The first-order valence-electron chi connectivity index (χ1n) is 5.12. The van der Waals surface area contributed by atoms with Gasteiger partial charge in [-0.1, -0.05) is 18.2 Å². The predicted octanol–water partition coefficient (Wildman–Crippen LogP) is 3.59. The number of rotatable bonds is 3. The van der Waals surface area contributed by atoms with Gasteiger partial charge in [-0.2, -0.15) is 0 Å². The Morgan fingerprint density at radius 2 is 2.00 bits per heavy atom. The van der Waals surface area contributed by atoms with Crippen molar-refractivity contribution in [3.05, 3.63) is 47.3 Å². The van der Waals surface area contributed by atoms with Crippen LogP contribution in [-0.2, 0) is 4.74 Å². The van der Waals surface area contributed by atoms with Crippen molar-refractivity contribution in [2.24, 2.45) is 0 Å². The predicted molar refractivity (Wildman–Crippen MR) is 65.7 cm³/mol. The SMILES string of the molecule is CCOC(=O)c1ccc(-c2cccs2)cc1. The summed E-state index contributed by atoms with van der Waals surface area (Å²) in [5.74, 6) is -0.264. The van der Waals surface area contributed by atoms with Crippen molar-refractivity contribution >= 4 is 17.3 Å². The van der Waals surface area contributed by atoms with Gasteiger partial charge >= 0.3 is 5.97 Å². The highest BCUT2D eigenvalue weighted by Gasteiger charge is 2.06. The van der Waals surface area contributed by atoms with Crippen LogP contribution in [0.4, 0.5) is 0 Å². The fourth-order valence-corrected chi connectivity index (χ4v) is 2.16. The van der Waals surface area contributed by atoms with Gasteiger partial charge in [0.1, 0.15) is 0 Å². The van der Waals surface area contributed by atoms with Crippen LogP contribution < -0.4 is 0 Å². The van der Waals surface area contributed by atoms with Crippen molar-refractivity contribution in [1.82, 2.24) is 0 Å². The van der Waals surface area contributed by atoms with E-state index in [1.807, 2.05) is 23.6 Å². The Morgan fingerprint density at radius 3 is 2.56 bits per heavy atom. The lowest BCUT2D eigenvalue weighted by molar-refractivity contribution is 0.0526. The molecule has 1 aromatic heterocycles. The van der Waals surface area contributed by atoms with Gasteiger partial charge in [-0.3, -0.25) is 0 Å². The second kappa shape index (κ2) is 4.94. The van der Waals surface area contributed by atoms with E-state index in [2.05, 4.69) is 6.07 Å². The molecule has 0 radical (unpaired) electrons. The third kappa shape index (κ3) is 2.31. The molecule has 0 saturated carbocycles. The lowest BCUT2D eigenvalue weighted by Crippen LogP contribution is -2.03. The second-order valence-corrected chi connectivity index (χ2v) is 4.22. The van der Waals surface area contributed by atoms with Crippen LogP contribution in [0, 0.1) is 0 Å². The van der Waals surface area contributed by atoms with Crippen molar-refractivity contribution in [2.75, 3.05) is 6.61 Å². The molecule has 0 N–H and O–H groups in total. The monoisotopic (exact) mass is 232 g/mol. The van der Waals surface area contributed by atoms with Gasteiger partial charge in [0.25, 0.3) is 0 Å². The van der Waals surface area contributed by atoms with Gasteiger partial charge < -0.3 is 4.74 Å². The van der Waals surface area contributed by atoms with Crippen LogP contribution in [0.5, 0.6) is 0 Å². The highest BCUT2D eigenvalue weighted by atomic mass is 32.1. The van der Waals surface area contributed by atoms with Gasteiger partial charge in [-0.05, 0) is 36.1 Å². The zero-order valence-electron chi connectivity index (χ0n) is 8.97. The molecule has 0 aliphatic carbocycles. The van der Waals surface area contributed by atoms with Crippen molar-refractivity contribution in [3.8, 4) is 10.4 Å². The summed E-state index contributed by atoms with van der Waals surface area (Å²) in [5, 5.41) is 2.04. The first-order valence-corrected chi connectivity index (χ1v) is 6.00. The second-order valence-electron chi connectivity index (χ2n) is 3.28. The summed E-state index contributed by atoms with van der Waals surface area (Å²) in [6.07, 6.45) is 0. The maximum absolute atomic E-state index is 11.4. The number of hydrogen-bond donors (Lipinski definition) is 0. The van der Waals surface area contributed by atoms with Crippen LogP contribution in [0.15, 0.2) is 41.8 Å². The average Bonchev–Trinajstić information content (AvgIpc) is 2.83. The van der Waals surface area contributed by atoms with Gasteiger partial charge in [-0.25, -0.2) is 4.79 Å². The van der Waals surface area contributed by atoms with Crippen LogP contribution in [-0.4, -0.2) is 12.6 Å². The van der Waals surface area contributed by atoms with Crippen LogP contribution >= 0.6 is 11.3 Å². The molecule has 0 bridgehead atoms. The minimum absolute atomic E-state index is 0.264. The molecule has 0 fully saturated rings. The van der Waals surface area contributed by atoms with Crippen LogP contribution in [0.25, 0.3) is 10.4 Å². The number of hydrogen-bond acceptors (Lipinski definition) is 3. The quantitative estimate of drug-likeness (QED) is 0.756. The van der Waals surface area contributed by atoms with Crippen molar-refractivity contribution in [1.29, 1.82) is 0 Å². The molecule has 0 saturated heterocycles. The Hall–Kier alpha value is -1.61. The zero-order valence-corrected chi connectivity index (χ0v) is 9.79. The van der Waals surface area contributed by atoms with E-state index < -0.39 is 0 Å². The Labute approximate surface area is 98.5 Å². The lowest BCUT2D eigenvalue weighted by Gasteiger charge is -2.02. The summed E-state index contributed by atoms with van der Waals surface area (Å²) < 4.78 is 4.92. The molecule has 3 heteroatoms. The molecule has 0 unspecified atom stereocenters. The number of thiophene rings is 1. The summed E-state index contributed by atoms with van der Waals surface area (Å²) >= 11 is 1.68. The minimum Gasteiger partial charge on any atom is -0.462 e. The number of ether oxygens (including phenoxy) is 1. The van der Waals surface area contributed by atoms with E-state index in [4.69, 9.17) is 4.74 Å². The number of carbonyl (C=O) groups excluding carboxylic acids is 1. The van der Waals surface area contributed by atoms with Crippen molar-refractivity contribution in [3.63, 3.8) is 0 Å². The van der Waals surface area contributed by atoms with Gasteiger partial charge in [0.2, 0.25) is 0 Å². The molecular weight excluding hydrogens is 220 g/mol. The standard InChI is InChI=1S/C13H12O2S/c1-2-15-13(14)11-7-5-10(6-8-11)12-4-3-9-16-12/h3-9H,2H2,1H3. The normalized spacial score (nSPS) is 10.1. The molecule has 2 rings (SSSR count). The van der Waals surface area contributed by atoms with E-state index in [-0.39, 0.29) is 5.97 Å². The molecule has 2 aromatic rings. The van der Waals surface area contributed by atoms with E-state index in [1.165, 1.54) is 4.88 Å². The van der Waals surface area contributed by atoms with E-state index in [9.17, 15) is 4.79 Å². The van der Waals surface area contributed by atoms with Gasteiger partial charge in [0, 0.05) is 4.88 Å². The van der Waals surface area contributed by atoms with Crippen LogP contribution in [0.2, 0.25) is 0 Å². The molecule has 2 nitrogen and oxygen atoms in total. The number of benzene rings is 1. The Kier molecular flexibility index (Phi) is 3.37. The van der Waals surface area contributed by atoms with Crippen molar-refractivity contribution < 1.29 is 9.53 Å². The molecule has 0 amide bonds. The third-order valence-corrected chi connectivity index (χ3v) is 3.12. The minimum atomic E-state index is -0.264. The van der Waals surface area contributed by atoms with E-state index in [1.54, 1.807) is 30.4 Å². The smallest absolute Gasteiger partial charge is 0.338 e. The van der Waals surface area contributed by atoms with Gasteiger partial charge in [-0.15, -0.1) is 11.3 Å². The molecule has 0 atom stereocenters. The van der Waals surface area contributed by atoms with E-state index >= 15 is 0 Å². The summed E-state index contributed by atoms with van der Waals surface area (Å²) in [6, 6.07) is 11.6. The summed E-state index contributed by atoms with van der Waals surface area (Å²) in [5.41, 5.74) is 1.73. The molecule has 1 aromatic carbocycles. The Morgan fingerprint density at radius 1 is 1.25 bits per heavy atom.